The maximum atomic E-state index is 11.8. The number of aliphatic hydroxyl groups is 1. The lowest BCUT2D eigenvalue weighted by molar-refractivity contribution is -0.0806. The molecule has 4 heteroatoms. The van der Waals surface area contributed by atoms with Crippen LogP contribution in [-0.4, -0.2) is 17.4 Å². The Balaban J connectivity index is 2.36. The van der Waals surface area contributed by atoms with Crippen LogP contribution in [0.4, 0.5) is 13.2 Å². The molecule has 1 rings (SSSR count). The van der Waals surface area contributed by atoms with Gasteiger partial charge in [0.1, 0.15) is 0 Å². The first-order chi connectivity index (χ1) is 7.47. The molecule has 0 aromatic heterocycles. The number of allylic oxidation sites excluding steroid dienone is 1. The molecule has 0 unspecified atom stereocenters. The van der Waals surface area contributed by atoms with E-state index in [1.165, 1.54) is 0 Å². The van der Waals surface area contributed by atoms with Gasteiger partial charge in [-0.1, -0.05) is 36.4 Å². The summed E-state index contributed by atoms with van der Waals surface area (Å²) in [7, 11) is 0. The Hall–Kier alpha value is -1.29. The third-order valence-electron chi connectivity index (χ3n) is 2.08. The van der Waals surface area contributed by atoms with Crippen LogP contribution in [-0.2, 0) is 6.42 Å². The highest BCUT2D eigenvalue weighted by molar-refractivity contribution is 5.15. The van der Waals surface area contributed by atoms with Gasteiger partial charge < -0.3 is 5.11 Å². The van der Waals surface area contributed by atoms with Crippen molar-refractivity contribution in [3.63, 3.8) is 0 Å². The summed E-state index contributed by atoms with van der Waals surface area (Å²) in [5, 5.41) is 9.29. The Labute approximate surface area is 92.2 Å². The van der Waals surface area contributed by atoms with Gasteiger partial charge in [-0.3, -0.25) is 0 Å². The topological polar surface area (TPSA) is 20.2 Å². The fourth-order valence-electron chi connectivity index (χ4n) is 1.28. The third kappa shape index (κ3) is 5.56. The van der Waals surface area contributed by atoms with Crippen LogP contribution < -0.4 is 0 Å². The second-order valence-corrected chi connectivity index (χ2v) is 3.49. The van der Waals surface area contributed by atoms with Crippen molar-refractivity contribution in [3.8, 4) is 0 Å². The second kappa shape index (κ2) is 5.70. The SMILES string of the molecule is O[C@@H](/C=C/C(F)(F)F)CCc1ccccc1. The van der Waals surface area contributed by atoms with E-state index >= 15 is 0 Å². The van der Waals surface area contributed by atoms with Crippen LogP contribution in [0.1, 0.15) is 12.0 Å². The minimum Gasteiger partial charge on any atom is -0.389 e. The molecule has 1 aromatic rings. The van der Waals surface area contributed by atoms with E-state index in [-0.39, 0.29) is 12.5 Å². The molecular formula is C12H13F3O. The van der Waals surface area contributed by atoms with Gasteiger partial charge >= 0.3 is 6.18 Å². The van der Waals surface area contributed by atoms with E-state index < -0.39 is 12.3 Å². The molecule has 1 atom stereocenters. The summed E-state index contributed by atoms with van der Waals surface area (Å²) in [6.45, 7) is 0. The molecule has 0 saturated carbocycles. The molecule has 0 aliphatic heterocycles. The van der Waals surface area contributed by atoms with Crippen molar-refractivity contribution in [1.82, 2.24) is 0 Å². The molecule has 0 fully saturated rings. The molecular weight excluding hydrogens is 217 g/mol. The van der Waals surface area contributed by atoms with Gasteiger partial charge in [0, 0.05) is 6.08 Å². The third-order valence-corrected chi connectivity index (χ3v) is 2.08. The van der Waals surface area contributed by atoms with Crippen LogP contribution in [0.25, 0.3) is 0 Å². The zero-order chi connectivity index (χ0) is 12.0. The van der Waals surface area contributed by atoms with E-state index in [4.69, 9.17) is 0 Å². The predicted octanol–water partition coefficient (Wildman–Crippen LogP) is 3.10. The first-order valence-corrected chi connectivity index (χ1v) is 4.95. The van der Waals surface area contributed by atoms with E-state index in [9.17, 15) is 18.3 Å². The minimum atomic E-state index is -4.35. The molecule has 1 aromatic carbocycles. The number of alkyl halides is 3. The predicted molar refractivity (Wildman–Crippen MR) is 56.0 cm³/mol. The Morgan fingerprint density at radius 3 is 2.38 bits per heavy atom. The Kier molecular flexibility index (Phi) is 4.55. The van der Waals surface area contributed by atoms with E-state index in [0.717, 1.165) is 11.6 Å². The van der Waals surface area contributed by atoms with Crippen LogP contribution >= 0.6 is 0 Å². The normalized spacial score (nSPS) is 14.2. The zero-order valence-electron chi connectivity index (χ0n) is 8.61. The Bertz CT molecular complexity index is 330. The van der Waals surface area contributed by atoms with Crippen molar-refractivity contribution in [2.24, 2.45) is 0 Å². The molecule has 16 heavy (non-hydrogen) atoms. The summed E-state index contributed by atoms with van der Waals surface area (Å²) in [6.07, 6.45) is -3.71. The summed E-state index contributed by atoms with van der Waals surface area (Å²) >= 11 is 0. The number of aryl methyl sites for hydroxylation is 1. The highest BCUT2D eigenvalue weighted by atomic mass is 19.4. The standard InChI is InChI=1S/C12H13F3O/c13-12(14,15)9-8-11(16)7-6-10-4-2-1-3-5-10/h1-5,8-9,11,16H,6-7H2/b9-8+/t11-/m1/s1. The first kappa shape index (κ1) is 12.8. The van der Waals surface area contributed by atoms with Gasteiger partial charge in [-0.05, 0) is 18.4 Å². The van der Waals surface area contributed by atoms with Gasteiger partial charge in [-0.2, -0.15) is 13.2 Å². The molecule has 88 valence electrons. The summed E-state index contributed by atoms with van der Waals surface area (Å²) in [4.78, 5) is 0. The van der Waals surface area contributed by atoms with Crippen molar-refractivity contribution in [1.29, 1.82) is 0 Å². The van der Waals surface area contributed by atoms with Crippen molar-refractivity contribution in [2.45, 2.75) is 25.1 Å². The quantitative estimate of drug-likeness (QED) is 0.788. The second-order valence-electron chi connectivity index (χ2n) is 3.49. The fraction of sp³-hybridized carbons (Fsp3) is 0.333. The van der Waals surface area contributed by atoms with E-state index in [0.29, 0.717) is 6.42 Å². The van der Waals surface area contributed by atoms with Crippen LogP contribution in [0.15, 0.2) is 42.5 Å². The highest BCUT2D eigenvalue weighted by Crippen LogP contribution is 2.17. The molecule has 0 heterocycles. The zero-order valence-corrected chi connectivity index (χ0v) is 8.61. The first-order valence-electron chi connectivity index (χ1n) is 4.95. The van der Waals surface area contributed by atoms with Gasteiger partial charge in [0.25, 0.3) is 0 Å². The van der Waals surface area contributed by atoms with Gasteiger partial charge in [0.2, 0.25) is 0 Å². The monoisotopic (exact) mass is 230 g/mol. The average molecular weight is 230 g/mol. The summed E-state index contributed by atoms with van der Waals surface area (Å²) in [5.74, 6) is 0. The maximum absolute atomic E-state index is 11.8. The molecule has 0 radical (unpaired) electrons. The number of benzene rings is 1. The molecule has 0 aliphatic carbocycles. The highest BCUT2D eigenvalue weighted by Gasteiger charge is 2.22. The average Bonchev–Trinajstić information content (AvgIpc) is 2.24. The van der Waals surface area contributed by atoms with Crippen molar-refractivity contribution < 1.29 is 18.3 Å². The van der Waals surface area contributed by atoms with Crippen LogP contribution in [0.5, 0.6) is 0 Å². The molecule has 1 nitrogen and oxygen atoms in total. The number of rotatable bonds is 4. The number of halogens is 3. The smallest absolute Gasteiger partial charge is 0.389 e. The molecule has 0 amide bonds. The Morgan fingerprint density at radius 2 is 1.81 bits per heavy atom. The summed E-state index contributed by atoms with van der Waals surface area (Å²) < 4.78 is 35.3. The summed E-state index contributed by atoms with van der Waals surface area (Å²) in [6, 6.07) is 9.32. The molecule has 0 spiro atoms. The lowest BCUT2D eigenvalue weighted by Crippen LogP contribution is -2.08. The van der Waals surface area contributed by atoms with Gasteiger partial charge in [0.05, 0.1) is 6.10 Å². The molecule has 0 aliphatic rings. The largest absolute Gasteiger partial charge is 0.409 e. The van der Waals surface area contributed by atoms with E-state index in [1.54, 1.807) is 0 Å². The van der Waals surface area contributed by atoms with Crippen LogP contribution in [0.2, 0.25) is 0 Å². The number of hydrogen-bond acceptors (Lipinski definition) is 1. The number of hydrogen-bond donors (Lipinski definition) is 1. The number of aliphatic hydroxyl groups excluding tert-OH is 1. The van der Waals surface area contributed by atoms with Gasteiger partial charge in [-0.25, -0.2) is 0 Å². The van der Waals surface area contributed by atoms with Crippen molar-refractivity contribution in [3.05, 3.63) is 48.0 Å². The van der Waals surface area contributed by atoms with E-state index in [2.05, 4.69) is 0 Å². The lowest BCUT2D eigenvalue weighted by Gasteiger charge is -2.06. The maximum Gasteiger partial charge on any atom is 0.409 e. The minimum absolute atomic E-state index is 0.0721. The van der Waals surface area contributed by atoms with Crippen LogP contribution in [0.3, 0.4) is 0 Å². The van der Waals surface area contributed by atoms with E-state index in [1.807, 2.05) is 30.3 Å². The molecule has 1 N–H and O–H groups in total. The van der Waals surface area contributed by atoms with Crippen molar-refractivity contribution in [2.75, 3.05) is 0 Å². The van der Waals surface area contributed by atoms with Crippen molar-refractivity contribution >= 4 is 0 Å². The van der Waals surface area contributed by atoms with Gasteiger partial charge in [0.15, 0.2) is 0 Å². The molecule has 0 bridgehead atoms. The molecule has 0 saturated heterocycles. The summed E-state index contributed by atoms with van der Waals surface area (Å²) in [5.41, 5.74) is 1.00. The lowest BCUT2D eigenvalue weighted by atomic mass is 10.1. The van der Waals surface area contributed by atoms with Crippen LogP contribution in [0, 0.1) is 0 Å². The fourth-order valence-corrected chi connectivity index (χ4v) is 1.28. The van der Waals surface area contributed by atoms with Gasteiger partial charge in [-0.15, -0.1) is 0 Å². The Morgan fingerprint density at radius 1 is 1.19 bits per heavy atom.